The molecular weight excluding hydrogens is 276 g/mol. The molecule has 0 atom stereocenters. The monoisotopic (exact) mass is 298 g/mol. The molecule has 0 bridgehead atoms. The highest BCUT2D eigenvalue weighted by molar-refractivity contribution is 5.97. The van der Waals surface area contributed by atoms with Gasteiger partial charge in [0, 0.05) is 38.1 Å². The third-order valence-corrected chi connectivity index (χ3v) is 3.75. The van der Waals surface area contributed by atoms with Crippen molar-refractivity contribution in [2.45, 2.75) is 13.8 Å². The molecule has 1 heterocycles. The summed E-state index contributed by atoms with van der Waals surface area (Å²) in [6.45, 7) is 7.05. The van der Waals surface area contributed by atoms with Gasteiger partial charge in [-0.1, -0.05) is 6.07 Å². The van der Waals surface area contributed by atoms with Crippen molar-refractivity contribution in [3.63, 3.8) is 0 Å². The van der Waals surface area contributed by atoms with E-state index in [1.54, 1.807) is 4.90 Å². The molecule has 0 unspecified atom stereocenters. The van der Waals surface area contributed by atoms with E-state index in [9.17, 15) is 10.1 Å². The zero-order valence-electron chi connectivity index (χ0n) is 13.4. The second-order valence-corrected chi connectivity index (χ2v) is 5.79. The molecule has 1 aliphatic rings. The topological polar surface area (TPSA) is 59.4 Å². The van der Waals surface area contributed by atoms with Crippen LogP contribution < -0.4 is 5.32 Å². The summed E-state index contributed by atoms with van der Waals surface area (Å²) in [7, 11) is 2.03. The van der Waals surface area contributed by atoms with Crippen molar-refractivity contribution in [3.8, 4) is 6.07 Å². The first kappa shape index (κ1) is 16.1. The first-order valence-electron chi connectivity index (χ1n) is 7.42. The van der Waals surface area contributed by atoms with Crippen LogP contribution in [-0.4, -0.2) is 48.9 Å². The molecule has 0 aromatic heterocycles. The summed E-state index contributed by atoms with van der Waals surface area (Å²) in [5, 5.41) is 12.3. The van der Waals surface area contributed by atoms with Gasteiger partial charge in [-0.3, -0.25) is 4.79 Å². The summed E-state index contributed by atoms with van der Waals surface area (Å²) >= 11 is 0. The van der Waals surface area contributed by atoms with E-state index in [1.165, 1.54) is 6.20 Å². The Morgan fingerprint density at radius 3 is 2.32 bits per heavy atom. The number of hydrogen-bond acceptors (Lipinski definition) is 4. The molecule has 1 N–H and O–H groups in total. The Balaban J connectivity index is 2.07. The fraction of sp³-hybridized carbons (Fsp3) is 0.412. The average Bonchev–Trinajstić information content (AvgIpc) is 2.47. The Labute approximate surface area is 131 Å². The quantitative estimate of drug-likeness (QED) is 0.684. The summed E-state index contributed by atoms with van der Waals surface area (Å²) in [6.07, 6.45) is 1.51. The number of carbonyl (C=O) groups is 1. The number of amides is 1. The van der Waals surface area contributed by atoms with Gasteiger partial charge in [-0.25, -0.2) is 0 Å². The molecule has 0 radical (unpaired) electrons. The number of hydrogen-bond donors (Lipinski definition) is 1. The van der Waals surface area contributed by atoms with E-state index in [1.807, 2.05) is 39.1 Å². The van der Waals surface area contributed by atoms with Gasteiger partial charge in [-0.15, -0.1) is 0 Å². The third-order valence-electron chi connectivity index (χ3n) is 3.75. The van der Waals surface area contributed by atoms with Crippen LogP contribution in [0.3, 0.4) is 0 Å². The van der Waals surface area contributed by atoms with Crippen molar-refractivity contribution in [1.82, 2.24) is 9.80 Å². The van der Waals surface area contributed by atoms with Crippen LogP contribution in [0.1, 0.15) is 11.1 Å². The minimum atomic E-state index is -0.201. The second kappa shape index (κ2) is 7.10. The van der Waals surface area contributed by atoms with Gasteiger partial charge in [0.25, 0.3) is 5.91 Å². The van der Waals surface area contributed by atoms with Crippen LogP contribution in [0.5, 0.6) is 0 Å². The Hall–Kier alpha value is -2.32. The molecule has 2 rings (SSSR count). The van der Waals surface area contributed by atoms with Gasteiger partial charge in [-0.05, 0) is 44.2 Å². The van der Waals surface area contributed by atoms with Crippen molar-refractivity contribution in [3.05, 3.63) is 41.1 Å². The van der Waals surface area contributed by atoms with Crippen LogP contribution >= 0.6 is 0 Å². The average molecular weight is 298 g/mol. The summed E-state index contributed by atoms with van der Waals surface area (Å²) in [4.78, 5) is 16.3. The fourth-order valence-electron chi connectivity index (χ4n) is 2.54. The number of benzene rings is 1. The Bertz CT molecular complexity index is 602. The van der Waals surface area contributed by atoms with E-state index in [0.29, 0.717) is 13.1 Å². The van der Waals surface area contributed by atoms with Crippen LogP contribution in [-0.2, 0) is 4.79 Å². The molecule has 1 fully saturated rings. The van der Waals surface area contributed by atoms with Gasteiger partial charge in [-0.2, -0.15) is 5.26 Å². The van der Waals surface area contributed by atoms with Gasteiger partial charge < -0.3 is 15.1 Å². The summed E-state index contributed by atoms with van der Waals surface area (Å²) < 4.78 is 0. The lowest BCUT2D eigenvalue weighted by atomic mass is 10.1. The molecule has 1 aliphatic heterocycles. The second-order valence-electron chi connectivity index (χ2n) is 5.79. The number of nitriles is 1. The predicted octanol–water partition coefficient (Wildman–Crippen LogP) is 1.90. The van der Waals surface area contributed by atoms with Crippen molar-refractivity contribution < 1.29 is 4.79 Å². The summed E-state index contributed by atoms with van der Waals surface area (Å²) in [5.74, 6) is -0.201. The highest BCUT2D eigenvalue weighted by Crippen LogP contribution is 2.14. The smallest absolute Gasteiger partial charge is 0.266 e. The zero-order chi connectivity index (χ0) is 16.1. The van der Waals surface area contributed by atoms with Crippen LogP contribution in [0.15, 0.2) is 30.0 Å². The lowest BCUT2D eigenvalue weighted by molar-refractivity contribution is -0.128. The molecule has 0 saturated carbocycles. The summed E-state index contributed by atoms with van der Waals surface area (Å²) in [6, 6.07) is 8.05. The lowest BCUT2D eigenvalue weighted by Gasteiger charge is -2.32. The molecule has 5 nitrogen and oxygen atoms in total. The molecule has 1 amide bonds. The highest BCUT2D eigenvalue weighted by Gasteiger charge is 2.22. The van der Waals surface area contributed by atoms with Crippen LogP contribution in [0.4, 0.5) is 5.69 Å². The molecule has 1 saturated heterocycles. The normalized spacial score (nSPS) is 16.3. The third kappa shape index (κ3) is 4.09. The molecular formula is C17H22N4O. The minimum absolute atomic E-state index is 0.142. The molecule has 0 spiro atoms. The molecule has 1 aromatic rings. The number of anilines is 1. The predicted molar refractivity (Wildman–Crippen MR) is 87.3 cm³/mol. The van der Waals surface area contributed by atoms with Crippen LogP contribution in [0.25, 0.3) is 0 Å². The Morgan fingerprint density at radius 2 is 1.77 bits per heavy atom. The maximum atomic E-state index is 12.4. The molecule has 22 heavy (non-hydrogen) atoms. The Kier molecular flexibility index (Phi) is 5.18. The lowest BCUT2D eigenvalue weighted by Crippen LogP contribution is -2.47. The largest absolute Gasteiger partial charge is 0.360 e. The standard InChI is InChI=1S/C17H22N4O/c1-13-8-14(2)10-16(9-13)19-12-15(11-18)17(22)21-6-4-20(3)5-7-21/h8-10,12,19H,4-7H2,1-3H3/b15-12-. The number of nitrogens with zero attached hydrogens (tertiary/aromatic N) is 3. The van der Waals surface area contributed by atoms with Gasteiger partial charge in [0.1, 0.15) is 11.6 Å². The van der Waals surface area contributed by atoms with Crippen molar-refractivity contribution >= 4 is 11.6 Å². The number of likely N-dealkylation sites (N-methyl/N-ethyl adjacent to an activating group) is 1. The van der Waals surface area contributed by atoms with Gasteiger partial charge >= 0.3 is 0 Å². The highest BCUT2D eigenvalue weighted by atomic mass is 16.2. The van der Waals surface area contributed by atoms with E-state index in [-0.39, 0.29) is 11.5 Å². The van der Waals surface area contributed by atoms with E-state index in [4.69, 9.17) is 0 Å². The number of rotatable bonds is 3. The SMILES string of the molecule is Cc1cc(C)cc(N/C=C(/C#N)C(=O)N2CCN(C)CC2)c1. The first-order chi connectivity index (χ1) is 10.5. The molecule has 1 aromatic carbocycles. The van der Waals surface area contributed by atoms with Crippen LogP contribution in [0.2, 0.25) is 0 Å². The maximum absolute atomic E-state index is 12.4. The maximum Gasteiger partial charge on any atom is 0.266 e. The van der Waals surface area contributed by atoms with Crippen molar-refractivity contribution in [2.75, 3.05) is 38.5 Å². The minimum Gasteiger partial charge on any atom is -0.360 e. The van der Waals surface area contributed by atoms with E-state index in [2.05, 4.69) is 16.3 Å². The van der Waals surface area contributed by atoms with E-state index in [0.717, 1.165) is 29.9 Å². The Morgan fingerprint density at radius 1 is 1.18 bits per heavy atom. The van der Waals surface area contributed by atoms with E-state index >= 15 is 0 Å². The van der Waals surface area contributed by atoms with E-state index < -0.39 is 0 Å². The summed E-state index contributed by atoms with van der Waals surface area (Å²) in [5.41, 5.74) is 3.31. The first-order valence-corrected chi connectivity index (χ1v) is 7.42. The molecule has 5 heteroatoms. The number of nitrogens with one attached hydrogen (secondary N) is 1. The zero-order valence-corrected chi connectivity index (χ0v) is 13.4. The molecule has 116 valence electrons. The number of carbonyl (C=O) groups excluding carboxylic acids is 1. The number of piperazine rings is 1. The van der Waals surface area contributed by atoms with Gasteiger partial charge in [0.15, 0.2) is 0 Å². The van der Waals surface area contributed by atoms with Gasteiger partial charge in [0.05, 0.1) is 0 Å². The number of aryl methyl sites for hydroxylation is 2. The molecule has 0 aliphatic carbocycles. The van der Waals surface area contributed by atoms with Crippen LogP contribution in [0, 0.1) is 25.2 Å². The fourth-order valence-corrected chi connectivity index (χ4v) is 2.54. The van der Waals surface area contributed by atoms with Crippen molar-refractivity contribution in [2.24, 2.45) is 0 Å². The van der Waals surface area contributed by atoms with Gasteiger partial charge in [0.2, 0.25) is 0 Å². The van der Waals surface area contributed by atoms with Crippen molar-refractivity contribution in [1.29, 1.82) is 5.26 Å².